The molecule has 94 valence electrons. The van der Waals surface area contributed by atoms with E-state index < -0.39 is 11.1 Å². The number of aryl methyl sites for hydroxylation is 1. The van der Waals surface area contributed by atoms with E-state index in [4.69, 9.17) is 0 Å². The van der Waals surface area contributed by atoms with Crippen molar-refractivity contribution >= 4 is 27.7 Å². The SMILES string of the molecule is Cn1[nH]c(=O)c(=O)nc1SCc1cncc(Br)c1. The molecule has 2 heterocycles. The molecule has 0 atom stereocenters. The van der Waals surface area contributed by atoms with Crippen molar-refractivity contribution in [3.05, 3.63) is 49.2 Å². The molecular formula is C10H9BrN4O2S. The van der Waals surface area contributed by atoms with Crippen LogP contribution in [0.2, 0.25) is 0 Å². The minimum atomic E-state index is -0.775. The van der Waals surface area contributed by atoms with Crippen LogP contribution in [0, 0.1) is 0 Å². The van der Waals surface area contributed by atoms with Crippen LogP contribution >= 0.6 is 27.7 Å². The Morgan fingerprint density at radius 1 is 1.44 bits per heavy atom. The van der Waals surface area contributed by atoms with Gasteiger partial charge in [-0.05, 0) is 27.6 Å². The summed E-state index contributed by atoms with van der Waals surface area (Å²) in [5.41, 5.74) is -0.497. The van der Waals surface area contributed by atoms with Gasteiger partial charge in [0.1, 0.15) is 0 Å². The molecule has 2 aromatic rings. The van der Waals surface area contributed by atoms with Gasteiger partial charge in [-0.15, -0.1) is 0 Å². The molecule has 0 unspecified atom stereocenters. The summed E-state index contributed by atoms with van der Waals surface area (Å²) in [6.45, 7) is 0. The summed E-state index contributed by atoms with van der Waals surface area (Å²) in [6, 6.07) is 1.93. The number of hydrogen-bond donors (Lipinski definition) is 1. The van der Waals surface area contributed by atoms with Crippen LogP contribution in [0.5, 0.6) is 0 Å². The average Bonchev–Trinajstić information content (AvgIpc) is 2.32. The fraction of sp³-hybridized carbons (Fsp3) is 0.200. The van der Waals surface area contributed by atoms with E-state index in [-0.39, 0.29) is 0 Å². The molecule has 0 fully saturated rings. The zero-order valence-electron chi connectivity index (χ0n) is 9.38. The van der Waals surface area contributed by atoms with Crippen molar-refractivity contribution < 1.29 is 0 Å². The highest BCUT2D eigenvalue weighted by Gasteiger charge is 2.05. The Bertz CT molecular complexity index is 682. The number of thioether (sulfide) groups is 1. The number of H-pyrrole nitrogens is 1. The highest BCUT2D eigenvalue weighted by atomic mass is 79.9. The molecule has 18 heavy (non-hydrogen) atoms. The van der Waals surface area contributed by atoms with Crippen molar-refractivity contribution in [1.29, 1.82) is 0 Å². The smallest absolute Gasteiger partial charge is 0.265 e. The monoisotopic (exact) mass is 328 g/mol. The second-order valence-electron chi connectivity index (χ2n) is 3.50. The summed E-state index contributed by atoms with van der Waals surface area (Å²) in [4.78, 5) is 29.9. The first-order valence-electron chi connectivity index (χ1n) is 4.96. The molecule has 2 rings (SSSR count). The van der Waals surface area contributed by atoms with Gasteiger partial charge in [-0.25, -0.2) is 0 Å². The van der Waals surface area contributed by atoms with Gasteiger partial charge in [0.2, 0.25) is 0 Å². The van der Waals surface area contributed by atoms with Crippen molar-refractivity contribution in [2.75, 3.05) is 0 Å². The van der Waals surface area contributed by atoms with Gasteiger partial charge >= 0.3 is 11.1 Å². The molecule has 0 aliphatic heterocycles. The average molecular weight is 329 g/mol. The Labute approximate surface area is 115 Å². The number of pyridine rings is 1. The number of rotatable bonds is 3. The Balaban J connectivity index is 2.18. The van der Waals surface area contributed by atoms with Crippen molar-refractivity contribution in [3.8, 4) is 0 Å². The second-order valence-corrected chi connectivity index (χ2v) is 5.36. The van der Waals surface area contributed by atoms with Crippen molar-refractivity contribution in [2.24, 2.45) is 7.05 Å². The van der Waals surface area contributed by atoms with Crippen LogP contribution in [0.3, 0.4) is 0 Å². The minimum Gasteiger partial charge on any atom is -0.265 e. The van der Waals surface area contributed by atoms with Gasteiger partial charge in [0.15, 0.2) is 5.16 Å². The van der Waals surface area contributed by atoms with E-state index in [1.807, 2.05) is 6.07 Å². The number of halogens is 1. The molecule has 0 amide bonds. The number of aromatic amines is 1. The third-order valence-corrected chi connectivity index (χ3v) is 3.61. The van der Waals surface area contributed by atoms with E-state index in [0.717, 1.165) is 10.0 Å². The third-order valence-electron chi connectivity index (χ3n) is 2.08. The molecule has 0 aliphatic rings. The van der Waals surface area contributed by atoms with Gasteiger partial charge in [0, 0.05) is 29.7 Å². The molecule has 0 aromatic carbocycles. The lowest BCUT2D eigenvalue weighted by molar-refractivity contribution is 0.596. The standard InChI is InChI=1S/C10H9BrN4O2S/c1-15-10(13-8(16)9(17)14-15)18-5-6-2-7(11)4-12-3-6/h2-4H,5H2,1H3,(H,14,17). The largest absolute Gasteiger partial charge is 0.339 e. The van der Waals surface area contributed by atoms with Crippen LogP contribution in [0.15, 0.2) is 37.7 Å². The first kappa shape index (κ1) is 13.0. The topological polar surface area (TPSA) is 80.6 Å². The van der Waals surface area contributed by atoms with Crippen LogP contribution in [0.25, 0.3) is 0 Å². The zero-order chi connectivity index (χ0) is 13.1. The fourth-order valence-corrected chi connectivity index (χ4v) is 2.53. The summed E-state index contributed by atoms with van der Waals surface area (Å²) in [7, 11) is 1.63. The van der Waals surface area contributed by atoms with E-state index in [9.17, 15) is 9.59 Å². The third kappa shape index (κ3) is 3.08. The first-order valence-corrected chi connectivity index (χ1v) is 6.73. The summed E-state index contributed by atoms with van der Waals surface area (Å²) in [6.07, 6.45) is 3.43. The van der Waals surface area contributed by atoms with Crippen LogP contribution in [-0.4, -0.2) is 19.7 Å². The molecular weight excluding hydrogens is 320 g/mol. The van der Waals surface area contributed by atoms with E-state index in [1.165, 1.54) is 16.4 Å². The highest BCUT2D eigenvalue weighted by Crippen LogP contribution is 2.19. The number of hydrogen-bond acceptors (Lipinski definition) is 5. The van der Waals surface area contributed by atoms with Gasteiger partial charge in [0.05, 0.1) is 0 Å². The predicted octanol–water partition coefficient (Wildman–Crippen LogP) is 0.918. The lowest BCUT2D eigenvalue weighted by Crippen LogP contribution is -2.33. The summed E-state index contributed by atoms with van der Waals surface area (Å²) < 4.78 is 2.32. The highest BCUT2D eigenvalue weighted by molar-refractivity contribution is 9.10. The molecule has 0 spiro atoms. The molecule has 8 heteroatoms. The molecule has 0 bridgehead atoms. The normalized spacial score (nSPS) is 10.6. The molecule has 2 aromatic heterocycles. The number of nitrogens with one attached hydrogen (secondary N) is 1. The lowest BCUT2D eigenvalue weighted by atomic mass is 10.3. The van der Waals surface area contributed by atoms with Crippen LogP contribution in [-0.2, 0) is 12.8 Å². The van der Waals surface area contributed by atoms with Gasteiger partial charge in [-0.3, -0.25) is 24.4 Å². The Hall–Kier alpha value is -1.41. The van der Waals surface area contributed by atoms with Crippen LogP contribution < -0.4 is 11.1 Å². The van der Waals surface area contributed by atoms with Gasteiger partial charge in [-0.2, -0.15) is 4.98 Å². The molecule has 1 N–H and O–H groups in total. The summed E-state index contributed by atoms with van der Waals surface area (Å²) in [5.74, 6) is 0.610. The van der Waals surface area contributed by atoms with E-state index in [1.54, 1.807) is 19.4 Å². The zero-order valence-corrected chi connectivity index (χ0v) is 11.8. The Morgan fingerprint density at radius 3 is 2.94 bits per heavy atom. The molecule has 0 radical (unpaired) electrons. The quantitative estimate of drug-likeness (QED) is 0.669. The van der Waals surface area contributed by atoms with E-state index in [0.29, 0.717) is 10.9 Å². The van der Waals surface area contributed by atoms with Crippen molar-refractivity contribution in [2.45, 2.75) is 10.9 Å². The first-order chi connectivity index (χ1) is 8.56. The van der Waals surface area contributed by atoms with Crippen molar-refractivity contribution in [3.63, 3.8) is 0 Å². The second kappa shape index (κ2) is 5.49. The molecule has 0 aliphatic carbocycles. The van der Waals surface area contributed by atoms with E-state index in [2.05, 4.69) is 31.0 Å². The van der Waals surface area contributed by atoms with Gasteiger partial charge in [-0.1, -0.05) is 11.8 Å². The van der Waals surface area contributed by atoms with E-state index >= 15 is 0 Å². The van der Waals surface area contributed by atoms with Crippen LogP contribution in [0.4, 0.5) is 0 Å². The molecule has 0 saturated carbocycles. The van der Waals surface area contributed by atoms with Gasteiger partial charge < -0.3 is 0 Å². The summed E-state index contributed by atoms with van der Waals surface area (Å²) >= 11 is 4.69. The number of nitrogens with zero attached hydrogens (tertiary/aromatic N) is 3. The fourth-order valence-electron chi connectivity index (χ4n) is 1.27. The number of aromatic nitrogens is 4. The molecule has 0 saturated heterocycles. The van der Waals surface area contributed by atoms with Crippen molar-refractivity contribution in [1.82, 2.24) is 19.7 Å². The van der Waals surface area contributed by atoms with Gasteiger partial charge in [0.25, 0.3) is 0 Å². The maximum Gasteiger partial charge on any atom is 0.339 e. The Morgan fingerprint density at radius 2 is 2.22 bits per heavy atom. The van der Waals surface area contributed by atoms with Crippen LogP contribution in [0.1, 0.15) is 5.56 Å². The maximum absolute atomic E-state index is 11.2. The Kier molecular flexibility index (Phi) is 3.97. The minimum absolute atomic E-state index is 0.458. The lowest BCUT2D eigenvalue weighted by Gasteiger charge is -2.05. The predicted molar refractivity (Wildman–Crippen MR) is 71.6 cm³/mol. The summed E-state index contributed by atoms with van der Waals surface area (Å²) in [5, 5.41) is 2.85. The maximum atomic E-state index is 11.2. The molecule has 6 nitrogen and oxygen atoms in total.